The van der Waals surface area contributed by atoms with E-state index in [2.05, 4.69) is 0 Å². The summed E-state index contributed by atoms with van der Waals surface area (Å²) in [5.74, 6) is -0.698. The second-order valence-corrected chi connectivity index (χ2v) is 3.42. The van der Waals surface area contributed by atoms with E-state index >= 15 is 0 Å². The number of carbonyl (C=O) groups is 1. The van der Waals surface area contributed by atoms with Crippen molar-refractivity contribution in [3.8, 4) is 5.75 Å². The molecule has 0 aliphatic heterocycles. The summed E-state index contributed by atoms with van der Waals surface area (Å²) in [6, 6.07) is 4.15. The molecule has 0 bridgehead atoms. The van der Waals surface area contributed by atoms with E-state index in [1.165, 1.54) is 25.1 Å². The number of ether oxygens (including phenoxy) is 1. The van der Waals surface area contributed by atoms with Crippen molar-refractivity contribution < 1.29 is 19.0 Å². The average molecular weight is 227 g/mol. The van der Waals surface area contributed by atoms with Crippen molar-refractivity contribution in [1.29, 1.82) is 0 Å². The molecule has 0 unspecified atom stereocenters. The number of hydrogen-bond donors (Lipinski definition) is 2. The molecule has 1 amide bonds. The zero-order valence-electron chi connectivity index (χ0n) is 8.94. The maximum Gasteiger partial charge on any atom is 0.220 e. The van der Waals surface area contributed by atoms with E-state index in [-0.39, 0.29) is 18.6 Å². The first-order valence-corrected chi connectivity index (χ1v) is 4.89. The highest BCUT2D eigenvalue weighted by molar-refractivity contribution is 5.73. The number of hydrogen-bond acceptors (Lipinski definition) is 3. The molecule has 1 rings (SSSR count). The minimum absolute atomic E-state index is 0.0831. The predicted molar refractivity (Wildman–Crippen MR) is 56.3 cm³/mol. The van der Waals surface area contributed by atoms with Crippen LogP contribution in [-0.4, -0.2) is 17.6 Å². The number of aliphatic hydroxyl groups excluding tert-OH is 1. The Morgan fingerprint density at radius 3 is 2.81 bits per heavy atom. The van der Waals surface area contributed by atoms with Crippen molar-refractivity contribution in [3.63, 3.8) is 0 Å². The number of rotatable bonds is 5. The number of aliphatic hydroxyl groups is 1. The lowest BCUT2D eigenvalue weighted by Gasteiger charge is -2.09. The molecule has 16 heavy (non-hydrogen) atoms. The smallest absolute Gasteiger partial charge is 0.220 e. The Labute approximate surface area is 92.8 Å². The van der Waals surface area contributed by atoms with Gasteiger partial charge in [-0.15, -0.1) is 0 Å². The lowest BCUT2D eigenvalue weighted by Crippen LogP contribution is -2.14. The molecular formula is C11H14FNO3. The van der Waals surface area contributed by atoms with Gasteiger partial charge in [0.15, 0.2) is 0 Å². The van der Waals surface area contributed by atoms with Gasteiger partial charge in [0.2, 0.25) is 5.91 Å². The second-order valence-electron chi connectivity index (χ2n) is 3.42. The quantitative estimate of drug-likeness (QED) is 0.792. The topological polar surface area (TPSA) is 72.6 Å². The molecule has 1 aromatic rings. The van der Waals surface area contributed by atoms with Gasteiger partial charge in [0.05, 0.1) is 19.1 Å². The maximum absolute atomic E-state index is 13.4. The summed E-state index contributed by atoms with van der Waals surface area (Å²) in [5, 5.41) is 9.20. The van der Waals surface area contributed by atoms with Crippen molar-refractivity contribution in [1.82, 2.24) is 0 Å². The number of carbonyl (C=O) groups excluding carboxylic acids is 1. The summed E-state index contributed by atoms with van der Waals surface area (Å²) >= 11 is 0. The van der Waals surface area contributed by atoms with Gasteiger partial charge in [-0.05, 0) is 19.1 Å². The average Bonchev–Trinajstić information content (AvgIpc) is 2.16. The molecule has 88 valence electrons. The normalized spacial score (nSPS) is 12.2. The fraction of sp³-hybridized carbons (Fsp3) is 0.364. The van der Waals surface area contributed by atoms with Gasteiger partial charge in [0.1, 0.15) is 11.6 Å². The van der Waals surface area contributed by atoms with Gasteiger partial charge < -0.3 is 15.6 Å². The number of halogens is 1. The SMILES string of the molecule is C[C@@H](O)c1ccc(OCCC(N)=O)cc1F. The molecule has 0 aliphatic carbocycles. The standard InChI is InChI=1S/C11H14FNO3/c1-7(14)9-3-2-8(6-10(9)12)16-5-4-11(13)15/h2-3,6-7,14H,4-5H2,1H3,(H2,13,15)/t7-/m1/s1. The summed E-state index contributed by atoms with van der Waals surface area (Å²) in [6.07, 6.45) is -0.778. The molecule has 5 heteroatoms. The lowest BCUT2D eigenvalue weighted by atomic mass is 10.1. The predicted octanol–water partition coefficient (Wildman–Crippen LogP) is 1.13. The van der Waals surface area contributed by atoms with Crippen molar-refractivity contribution in [2.24, 2.45) is 5.73 Å². The third-order valence-corrected chi connectivity index (χ3v) is 2.04. The zero-order chi connectivity index (χ0) is 12.1. The van der Waals surface area contributed by atoms with E-state index in [9.17, 15) is 14.3 Å². The third-order valence-electron chi connectivity index (χ3n) is 2.04. The van der Waals surface area contributed by atoms with Gasteiger partial charge in [0, 0.05) is 11.6 Å². The van der Waals surface area contributed by atoms with Gasteiger partial charge in [0.25, 0.3) is 0 Å². The minimum Gasteiger partial charge on any atom is -0.493 e. The Kier molecular flexibility index (Phi) is 4.25. The summed E-state index contributed by atoms with van der Waals surface area (Å²) < 4.78 is 18.5. The van der Waals surface area contributed by atoms with Crippen LogP contribution in [0.2, 0.25) is 0 Å². The second kappa shape index (κ2) is 5.46. The Morgan fingerprint density at radius 1 is 1.62 bits per heavy atom. The van der Waals surface area contributed by atoms with Crippen LogP contribution >= 0.6 is 0 Å². The number of benzene rings is 1. The van der Waals surface area contributed by atoms with E-state index in [1.54, 1.807) is 0 Å². The lowest BCUT2D eigenvalue weighted by molar-refractivity contribution is -0.118. The van der Waals surface area contributed by atoms with Gasteiger partial charge in [-0.1, -0.05) is 0 Å². The zero-order valence-corrected chi connectivity index (χ0v) is 8.94. The van der Waals surface area contributed by atoms with E-state index in [1.807, 2.05) is 0 Å². The molecule has 0 fully saturated rings. The highest BCUT2D eigenvalue weighted by Crippen LogP contribution is 2.21. The van der Waals surface area contributed by atoms with E-state index < -0.39 is 17.8 Å². The first-order valence-electron chi connectivity index (χ1n) is 4.89. The molecule has 0 spiro atoms. The van der Waals surface area contributed by atoms with Crippen LogP contribution in [0.25, 0.3) is 0 Å². The monoisotopic (exact) mass is 227 g/mol. The van der Waals surface area contributed by atoms with Crippen molar-refractivity contribution >= 4 is 5.91 Å². The molecular weight excluding hydrogens is 213 g/mol. The molecule has 0 radical (unpaired) electrons. The molecule has 1 aromatic carbocycles. The van der Waals surface area contributed by atoms with Crippen LogP contribution in [-0.2, 0) is 4.79 Å². The fourth-order valence-corrected chi connectivity index (χ4v) is 1.21. The van der Waals surface area contributed by atoms with Crippen LogP contribution in [0.4, 0.5) is 4.39 Å². The van der Waals surface area contributed by atoms with Crippen LogP contribution < -0.4 is 10.5 Å². The summed E-state index contributed by atoms with van der Waals surface area (Å²) in [4.78, 5) is 10.4. The molecule has 0 aromatic heterocycles. The minimum atomic E-state index is -0.861. The number of primary amides is 1. The first-order chi connectivity index (χ1) is 7.50. The number of nitrogens with two attached hydrogens (primary N) is 1. The Bertz CT molecular complexity index is 379. The highest BCUT2D eigenvalue weighted by atomic mass is 19.1. The Balaban J connectivity index is 2.63. The van der Waals surface area contributed by atoms with E-state index in [0.29, 0.717) is 5.75 Å². The van der Waals surface area contributed by atoms with Gasteiger partial charge in [-0.2, -0.15) is 0 Å². The fourth-order valence-electron chi connectivity index (χ4n) is 1.21. The molecule has 1 atom stereocenters. The van der Waals surface area contributed by atoms with Crippen LogP contribution in [0, 0.1) is 5.82 Å². The third kappa shape index (κ3) is 3.51. The Morgan fingerprint density at radius 2 is 2.31 bits per heavy atom. The molecule has 0 saturated heterocycles. The van der Waals surface area contributed by atoms with Crippen LogP contribution in [0.3, 0.4) is 0 Å². The highest BCUT2D eigenvalue weighted by Gasteiger charge is 2.09. The van der Waals surface area contributed by atoms with Crippen LogP contribution in [0.5, 0.6) is 5.75 Å². The first kappa shape index (κ1) is 12.4. The van der Waals surface area contributed by atoms with E-state index in [4.69, 9.17) is 10.5 Å². The van der Waals surface area contributed by atoms with Gasteiger partial charge in [-0.3, -0.25) is 4.79 Å². The van der Waals surface area contributed by atoms with Crippen molar-refractivity contribution in [2.75, 3.05) is 6.61 Å². The molecule has 3 N–H and O–H groups in total. The van der Waals surface area contributed by atoms with Gasteiger partial charge >= 0.3 is 0 Å². The molecule has 4 nitrogen and oxygen atoms in total. The van der Waals surface area contributed by atoms with Crippen molar-refractivity contribution in [3.05, 3.63) is 29.6 Å². The molecule has 0 aliphatic rings. The maximum atomic E-state index is 13.4. The summed E-state index contributed by atoms with van der Waals surface area (Å²) in [7, 11) is 0. The number of amides is 1. The van der Waals surface area contributed by atoms with E-state index in [0.717, 1.165) is 0 Å². The largest absolute Gasteiger partial charge is 0.493 e. The summed E-state index contributed by atoms with van der Waals surface area (Å²) in [5.41, 5.74) is 5.13. The molecule has 0 heterocycles. The molecule has 0 saturated carbocycles. The van der Waals surface area contributed by atoms with Crippen molar-refractivity contribution in [2.45, 2.75) is 19.4 Å². The summed E-state index contributed by atoms with van der Waals surface area (Å²) in [6.45, 7) is 1.59. The van der Waals surface area contributed by atoms with Crippen LogP contribution in [0.15, 0.2) is 18.2 Å². The van der Waals surface area contributed by atoms with Gasteiger partial charge in [-0.25, -0.2) is 4.39 Å². The Hall–Kier alpha value is -1.62. The van der Waals surface area contributed by atoms with Crippen LogP contribution in [0.1, 0.15) is 25.0 Å².